The zero-order chi connectivity index (χ0) is 12.5. The molecule has 0 spiro atoms. The van der Waals surface area contributed by atoms with E-state index in [1.165, 1.54) is 0 Å². The molecule has 18 heavy (non-hydrogen) atoms. The Bertz CT molecular complexity index is 674. The summed E-state index contributed by atoms with van der Waals surface area (Å²) in [6, 6.07) is 7.19. The second kappa shape index (κ2) is 4.38. The minimum Gasteiger partial charge on any atom is -0.469 e. The molecule has 2 aromatic heterocycles. The van der Waals surface area contributed by atoms with Crippen molar-refractivity contribution in [1.82, 2.24) is 4.98 Å². The molecule has 0 fully saturated rings. The maximum Gasteiger partial charge on any atom is 0.196 e. The molecule has 0 aliphatic carbocycles. The molecule has 3 rings (SSSR count). The Morgan fingerprint density at radius 2 is 2.17 bits per heavy atom. The summed E-state index contributed by atoms with van der Waals surface area (Å²) in [5.74, 6) is 1.54. The number of aromatic nitrogens is 1. The highest BCUT2D eigenvalue weighted by Gasteiger charge is 2.10. The van der Waals surface area contributed by atoms with Crippen LogP contribution in [0.4, 0.5) is 5.69 Å². The summed E-state index contributed by atoms with van der Waals surface area (Å²) in [4.78, 5) is 4.36. The Balaban J connectivity index is 1.87. The lowest BCUT2D eigenvalue weighted by Crippen LogP contribution is -1.88. The van der Waals surface area contributed by atoms with Gasteiger partial charge < -0.3 is 14.6 Å². The zero-order valence-corrected chi connectivity index (χ0v) is 10.3. The number of nitrogen functional groups attached to an aromatic ring is 1. The van der Waals surface area contributed by atoms with Crippen LogP contribution in [0, 0.1) is 0 Å². The minimum atomic E-state index is 0.509. The largest absolute Gasteiger partial charge is 0.469 e. The maximum absolute atomic E-state index is 5.91. The van der Waals surface area contributed by atoms with Crippen molar-refractivity contribution in [3.05, 3.63) is 47.2 Å². The first-order chi connectivity index (χ1) is 8.72. The summed E-state index contributed by atoms with van der Waals surface area (Å²) < 4.78 is 10.9. The monoisotopic (exact) mass is 262 g/mol. The number of oxazole rings is 1. The molecule has 0 saturated heterocycles. The first-order valence-corrected chi connectivity index (χ1v) is 5.97. The molecule has 0 radical (unpaired) electrons. The molecule has 0 amide bonds. The topological polar surface area (TPSA) is 65.2 Å². The standard InChI is InChI=1S/C13H11ClN2O2/c14-8-6-10(15)13-11(7-8)16-12(18-13)4-3-9-2-1-5-17-9/h1-2,5-7H,3-4,15H2. The van der Waals surface area contributed by atoms with Crippen LogP contribution in [0.1, 0.15) is 11.7 Å². The van der Waals surface area contributed by atoms with Crippen molar-refractivity contribution < 1.29 is 8.83 Å². The van der Waals surface area contributed by atoms with E-state index in [1.54, 1.807) is 18.4 Å². The molecular formula is C13H11ClN2O2. The van der Waals surface area contributed by atoms with Crippen molar-refractivity contribution in [1.29, 1.82) is 0 Å². The quantitative estimate of drug-likeness (QED) is 0.734. The van der Waals surface area contributed by atoms with Crippen LogP contribution in [0.5, 0.6) is 0 Å². The minimum absolute atomic E-state index is 0.509. The van der Waals surface area contributed by atoms with Gasteiger partial charge in [0.1, 0.15) is 11.3 Å². The van der Waals surface area contributed by atoms with Crippen molar-refractivity contribution in [2.24, 2.45) is 0 Å². The van der Waals surface area contributed by atoms with Crippen LogP contribution in [0.3, 0.4) is 0 Å². The van der Waals surface area contributed by atoms with Gasteiger partial charge >= 0.3 is 0 Å². The van der Waals surface area contributed by atoms with Gasteiger partial charge in [-0.25, -0.2) is 4.98 Å². The summed E-state index contributed by atoms with van der Waals surface area (Å²) in [5, 5.41) is 0.561. The molecule has 0 unspecified atom stereocenters. The number of aryl methyl sites for hydroxylation is 2. The van der Waals surface area contributed by atoms with E-state index in [4.69, 9.17) is 26.2 Å². The Hall–Kier alpha value is -1.94. The third kappa shape index (κ3) is 2.07. The second-order valence-electron chi connectivity index (χ2n) is 4.03. The van der Waals surface area contributed by atoms with Gasteiger partial charge in [-0.1, -0.05) is 11.6 Å². The van der Waals surface area contributed by atoms with E-state index in [0.29, 0.717) is 34.1 Å². The van der Waals surface area contributed by atoms with Gasteiger partial charge in [0, 0.05) is 17.9 Å². The fourth-order valence-electron chi connectivity index (χ4n) is 1.86. The first-order valence-electron chi connectivity index (χ1n) is 5.59. The summed E-state index contributed by atoms with van der Waals surface area (Å²) in [7, 11) is 0. The van der Waals surface area contributed by atoms with E-state index in [2.05, 4.69) is 4.98 Å². The van der Waals surface area contributed by atoms with Crippen LogP contribution in [-0.4, -0.2) is 4.98 Å². The lowest BCUT2D eigenvalue weighted by atomic mass is 10.2. The molecule has 4 nitrogen and oxygen atoms in total. The Labute approximate surface area is 108 Å². The number of benzene rings is 1. The van der Waals surface area contributed by atoms with Crippen LogP contribution in [0.2, 0.25) is 5.02 Å². The van der Waals surface area contributed by atoms with Crippen molar-refractivity contribution in [3.8, 4) is 0 Å². The van der Waals surface area contributed by atoms with Gasteiger partial charge in [-0.15, -0.1) is 0 Å². The Kier molecular flexibility index (Phi) is 2.72. The van der Waals surface area contributed by atoms with Gasteiger partial charge in [0.15, 0.2) is 11.5 Å². The fourth-order valence-corrected chi connectivity index (χ4v) is 2.08. The van der Waals surface area contributed by atoms with Gasteiger partial charge in [-0.05, 0) is 24.3 Å². The summed E-state index contributed by atoms with van der Waals surface area (Å²) in [6.07, 6.45) is 3.06. The Morgan fingerprint density at radius 3 is 2.94 bits per heavy atom. The smallest absolute Gasteiger partial charge is 0.196 e. The molecule has 0 saturated carbocycles. The van der Waals surface area contributed by atoms with Crippen LogP contribution < -0.4 is 5.73 Å². The number of rotatable bonds is 3. The number of hydrogen-bond acceptors (Lipinski definition) is 4. The first kappa shape index (κ1) is 11.2. The molecular weight excluding hydrogens is 252 g/mol. The normalized spacial score (nSPS) is 11.2. The van der Waals surface area contributed by atoms with E-state index < -0.39 is 0 Å². The van der Waals surface area contributed by atoms with E-state index >= 15 is 0 Å². The maximum atomic E-state index is 5.91. The molecule has 92 valence electrons. The van der Waals surface area contributed by atoms with Crippen molar-refractivity contribution in [2.45, 2.75) is 12.8 Å². The number of fused-ring (bicyclic) bond motifs is 1. The molecule has 0 atom stereocenters. The van der Waals surface area contributed by atoms with E-state index in [1.807, 2.05) is 12.1 Å². The number of nitrogens with zero attached hydrogens (tertiary/aromatic N) is 1. The predicted octanol–water partition coefficient (Wildman–Crippen LogP) is 3.44. The van der Waals surface area contributed by atoms with Crippen LogP contribution in [0.15, 0.2) is 39.4 Å². The van der Waals surface area contributed by atoms with Gasteiger partial charge in [0.25, 0.3) is 0 Å². The third-order valence-electron chi connectivity index (χ3n) is 2.69. The van der Waals surface area contributed by atoms with Crippen LogP contribution >= 0.6 is 11.6 Å². The van der Waals surface area contributed by atoms with Crippen LogP contribution in [-0.2, 0) is 12.8 Å². The van der Waals surface area contributed by atoms with Gasteiger partial charge in [-0.3, -0.25) is 0 Å². The highest BCUT2D eigenvalue weighted by Crippen LogP contribution is 2.26. The molecule has 0 aliphatic heterocycles. The van der Waals surface area contributed by atoms with Gasteiger partial charge in [0.2, 0.25) is 0 Å². The summed E-state index contributed by atoms with van der Waals surface area (Å²) >= 11 is 5.91. The van der Waals surface area contributed by atoms with Crippen molar-refractivity contribution in [3.63, 3.8) is 0 Å². The highest BCUT2D eigenvalue weighted by molar-refractivity contribution is 6.31. The van der Waals surface area contributed by atoms with E-state index in [-0.39, 0.29) is 0 Å². The lowest BCUT2D eigenvalue weighted by molar-refractivity contribution is 0.480. The lowest BCUT2D eigenvalue weighted by Gasteiger charge is -1.94. The molecule has 2 heterocycles. The molecule has 0 aliphatic rings. The third-order valence-corrected chi connectivity index (χ3v) is 2.91. The summed E-state index contributed by atoms with van der Waals surface area (Å²) in [5.41, 5.74) is 7.61. The predicted molar refractivity (Wildman–Crippen MR) is 69.5 cm³/mol. The average Bonchev–Trinajstić information content (AvgIpc) is 2.93. The second-order valence-corrected chi connectivity index (χ2v) is 4.47. The van der Waals surface area contributed by atoms with Crippen molar-refractivity contribution >= 4 is 28.4 Å². The molecule has 0 bridgehead atoms. The highest BCUT2D eigenvalue weighted by atomic mass is 35.5. The molecule has 2 N–H and O–H groups in total. The van der Waals surface area contributed by atoms with E-state index in [0.717, 1.165) is 12.2 Å². The number of halogens is 1. The zero-order valence-electron chi connectivity index (χ0n) is 9.52. The number of anilines is 1. The fraction of sp³-hybridized carbons (Fsp3) is 0.154. The van der Waals surface area contributed by atoms with E-state index in [9.17, 15) is 0 Å². The van der Waals surface area contributed by atoms with Gasteiger partial charge in [0.05, 0.1) is 12.0 Å². The van der Waals surface area contributed by atoms with Crippen molar-refractivity contribution in [2.75, 3.05) is 5.73 Å². The molecule has 5 heteroatoms. The Morgan fingerprint density at radius 1 is 1.28 bits per heavy atom. The number of hydrogen-bond donors (Lipinski definition) is 1. The summed E-state index contributed by atoms with van der Waals surface area (Å²) in [6.45, 7) is 0. The number of furan rings is 1. The number of nitrogens with two attached hydrogens (primary N) is 1. The van der Waals surface area contributed by atoms with Crippen LogP contribution in [0.25, 0.3) is 11.1 Å². The average molecular weight is 263 g/mol. The molecule has 3 aromatic rings. The van der Waals surface area contributed by atoms with Gasteiger partial charge in [-0.2, -0.15) is 0 Å². The molecule has 1 aromatic carbocycles. The SMILES string of the molecule is Nc1cc(Cl)cc2nc(CCc3ccco3)oc12.